The number of hydrogen-bond donors (Lipinski definition) is 1. The minimum Gasteiger partial charge on any atom is -0.350 e. The number of pyridine rings is 1. The number of sulfonamides is 1. The van der Waals surface area contributed by atoms with Gasteiger partial charge in [0, 0.05) is 32.1 Å². The highest BCUT2D eigenvalue weighted by Crippen LogP contribution is 2.20. The molecule has 1 fully saturated rings. The SMILES string of the molecule is CS(=O)(=O)c1nc(C(=O)NCC2CCN(S(C)(=O)=O)CC2)c2ccccn12. The monoisotopic (exact) mass is 414 g/mol. The van der Waals surface area contributed by atoms with Crippen LogP contribution in [0, 0.1) is 5.92 Å². The fourth-order valence-corrected chi connectivity index (χ4v) is 4.85. The summed E-state index contributed by atoms with van der Waals surface area (Å²) in [7, 11) is -6.77. The van der Waals surface area contributed by atoms with Crippen LogP contribution < -0.4 is 5.32 Å². The molecule has 0 radical (unpaired) electrons. The molecule has 3 heterocycles. The second-order valence-electron chi connectivity index (χ2n) is 6.79. The molecule has 0 aromatic carbocycles. The molecule has 0 unspecified atom stereocenters. The van der Waals surface area contributed by atoms with Gasteiger partial charge in [0.15, 0.2) is 5.69 Å². The van der Waals surface area contributed by atoms with Crippen LogP contribution in [-0.4, -0.2) is 68.6 Å². The first-order valence-electron chi connectivity index (χ1n) is 8.48. The number of nitrogens with zero attached hydrogens (tertiary/aromatic N) is 3. The van der Waals surface area contributed by atoms with Crippen molar-refractivity contribution in [3.05, 3.63) is 30.1 Å². The van der Waals surface area contributed by atoms with E-state index in [1.165, 1.54) is 15.0 Å². The van der Waals surface area contributed by atoms with E-state index < -0.39 is 25.8 Å². The lowest BCUT2D eigenvalue weighted by Gasteiger charge is -2.30. The maximum atomic E-state index is 12.6. The van der Waals surface area contributed by atoms with E-state index in [1.54, 1.807) is 24.4 Å². The zero-order valence-electron chi connectivity index (χ0n) is 15.1. The molecule has 0 bridgehead atoms. The van der Waals surface area contributed by atoms with Gasteiger partial charge in [-0.3, -0.25) is 9.20 Å². The summed E-state index contributed by atoms with van der Waals surface area (Å²) in [5, 5.41) is 2.63. The van der Waals surface area contributed by atoms with Crippen molar-refractivity contribution < 1.29 is 21.6 Å². The normalized spacial score (nSPS) is 17.3. The summed E-state index contributed by atoms with van der Waals surface area (Å²) in [6, 6.07) is 5.02. The van der Waals surface area contributed by atoms with Gasteiger partial charge in [0.1, 0.15) is 0 Å². The molecule has 1 N–H and O–H groups in total. The Balaban J connectivity index is 1.71. The van der Waals surface area contributed by atoms with Crippen molar-refractivity contribution in [2.45, 2.75) is 18.0 Å². The Morgan fingerprint density at radius 1 is 1.19 bits per heavy atom. The van der Waals surface area contributed by atoms with Crippen LogP contribution in [-0.2, 0) is 19.9 Å². The summed E-state index contributed by atoms with van der Waals surface area (Å²) in [5.41, 5.74) is 0.479. The van der Waals surface area contributed by atoms with E-state index in [2.05, 4.69) is 10.3 Å². The van der Waals surface area contributed by atoms with Gasteiger partial charge in [0.25, 0.3) is 5.91 Å². The zero-order valence-corrected chi connectivity index (χ0v) is 16.8. The number of carbonyl (C=O) groups excluding carboxylic acids is 1. The molecule has 1 aliphatic rings. The Morgan fingerprint density at radius 2 is 1.85 bits per heavy atom. The largest absolute Gasteiger partial charge is 0.350 e. The van der Waals surface area contributed by atoms with Crippen molar-refractivity contribution in [1.82, 2.24) is 19.0 Å². The predicted molar refractivity (Wildman–Crippen MR) is 99.8 cm³/mol. The first-order valence-corrected chi connectivity index (χ1v) is 12.2. The maximum absolute atomic E-state index is 12.6. The summed E-state index contributed by atoms with van der Waals surface area (Å²) in [6.45, 7) is 1.26. The molecule has 9 nitrogen and oxygen atoms in total. The lowest BCUT2D eigenvalue weighted by Crippen LogP contribution is -2.41. The number of carbonyl (C=O) groups is 1. The maximum Gasteiger partial charge on any atom is 0.272 e. The van der Waals surface area contributed by atoms with Crippen molar-refractivity contribution in [3.63, 3.8) is 0 Å². The average Bonchev–Trinajstić information content (AvgIpc) is 2.99. The molecule has 1 amide bonds. The van der Waals surface area contributed by atoms with Crippen LogP contribution in [0.2, 0.25) is 0 Å². The minimum absolute atomic E-state index is 0.0598. The van der Waals surface area contributed by atoms with Gasteiger partial charge < -0.3 is 5.32 Å². The molecule has 0 spiro atoms. The molecule has 2 aromatic heterocycles. The van der Waals surface area contributed by atoms with Crippen molar-refractivity contribution in [3.8, 4) is 0 Å². The van der Waals surface area contributed by atoms with Gasteiger partial charge in [-0.15, -0.1) is 0 Å². The number of piperidine rings is 1. The average molecular weight is 415 g/mol. The van der Waals surface area contributed by atoms with E-state index in [0.29, 0.717) is 38.0 Å². The Bertz CT molecular complexity index is 1070. The van der Waals surface area contributed by atoms with Gasteiger partial charge >= 0.3 is 0 Å². The predicted octanol–water partition coefficient (Wildman–Crippen LogP) is 0.139. The van der Waals surface area contributed by atoms with Crippen LogP contribution in [0.15, 0.2) is 29.6 Å². The van der Waals surface area contributed by atoms with Gasteiger partial charge in [-0.25, -0.2) is 26.1 Å². The molecular formula is C16H22N4O5S2. The fraction of sp³-hybridized carbons (Fsp3) is 0.500. The quantitative estimate of drug-likeness (QED) is 0.744. The van der Waals surface area contributed by atoms with E-state index in [9.17, 15) is 21.6 Å². The second kappa shape index (κ2) is 7.21. The lowest BCUT2D eigenvalue weighted by atomic mass is 9.98. The fourth-order valence-electron chi connectivity index (χ4n) is 3.20. The number of rotatable bonds is 5. The zero-order chi connectivity index (χ0) is 19.8. The van der Waals surface area contributed by atoms with Gasteiger partial charge in [-0.05, 0) is 30.9 Å². The summed E-state index contributed by atoms with van der Waals surface area (Å²) in [5.74, 6) is -0.283. The Hall–Kier alpha value is -1.98. The summed E-state index contributed by atoms with van der Waals surface area (Å²) in [6.07, 6.45) is 5.11. The van der Waals surface area contributed by atoms with E-state index in [4.69, 9.17) is 0 Å². The number of amides is 1. The number of aromatic nitrogens is 2. The number of imidazole rings is 1. The number of hydrogen-bond acceptors (Lipinski definition) is 6. The molecule has 148 valence electrons. The third-order valence-corrected chi connectivity index (χ3v) is 6.91. The number of nitrogens with one attached hydrogen (secondary N) is 1. The van der Waals surface area contributed by atoms with Crippen LogP contribution in [0.3, 0.4) is 0 Å². The standard InChI is InChI=1S/C16H22N4O5S2/c1-26(22,23)16-18-14(13-5-3-4-8-20(13)16)15(21)17-11-12-6-9-19(10-7-12)27(2,24)25/h3-5,8,12H,6-7,9-11H2,1-2H3,(H,17,21). The van der Waals surface area contributed by atoms with Crippen LogP contribution >= 0.6 is 0 Å². The highest BCUT2D eigenvalue weighted by molar-refractivity contribution is 7.90. The molecule has 0 atom stereocenters. The molecule has 2 aromatic rings. The van der Waals surface area contributed by atoms with Crippen LogP contribution in [0.4, 0.5) is 0 Å². The Kier molecular flexibility index (Phi) is 5.28. The molecule has 0 aliphatic carbocycles. The van der Waals surface area contributed by atoms with Gasteiger partial charge in [-0.1, -0.05) is 6.07 Å². The van der Waals surface area contributed by atoms with E-state index in [1.807, 2.05) is 0 Å². The van der Waals surface area contributed by atoms with Crippen molar-refractivity contribution in [2.75, 3.05) is 32.1 Å². The van der Waals surface area contributed by atoms with Crippen molar-refractivity contribution >= 4 is 31.3 Å². The molecular weight excluding hydrogens is 392 g/mol. The van der Waals surface area contributed by atoms with E-state index in [0.717, 1.165) is 6.26 Å². The van der Waals surface area contributed by atoms with Crippen molar-refractivity contribution in [2.24, 2.45) is 5.92 Å². The van der Waals surface area contributed by atoms with E-state index >= 15 is 0 Å². The summed E-state index contributed by atoms with van der Waals surface area (Å²) >= 11 is 0. The van der Waals surface area contributed by atoms with Gasteiger partial charge in [-0.2, -0.15) is 0 Å². The molecule has 3 rings (SSSR count). The highest BCUT2D eigenvalue weighted by atomic mass is 32.2. The smallest absolute Gasteiger partial charge is 0.272 e. The Labute approximate surface area is 158 Å². The van der Waals surface area contributed by atoms with Gasteiger partial charge in [0.2, 0.25) is 25.0 Å². The topological polar surface area (TPSA) is 118 Å². The third kappa shape index (κ3) is 4.30. The molecule has 0 saturated carbocycles. The first-order chi connectivity index (χ1) is 12.6. The van der Waals surface area contributed by atoms with Crippen LogP contribution in [0.1, 0.15) is 23.3 Å². The first kappa shape index (κ1) is 19.8. The Morgan fingerprint density at radius 3 is 2.44 bits per heavy atom. The summed E-state index contributed by atoms with van der Waals surface area (Å²) < 4.78 is 49.8. The lowest BCUT2D eigenvalue weighted by molar-refractivity contribution is 0.0938. The third-order valence-electron chi connectivity index (χ3n) is 4.66. The number of fused-ring (bicyclic) bond motifs is 1. The van der Waals surface area contributed by atoms with Crippen molar-refractivity contribution in [1.29, 1.82) is 0 Å². The summed E-state index contributed by atoms with van der Waals surface area (Å²) in [4.78, 5) is 16.6. The molecule has 27 heavy (non-hydrogen) atoms. The molecule has 11 heteroatoms. The number of sulfone groups is 1. The second-order valence-corrected chi connectivity index (χ2v) is 10.7. The van der Waals surface area contributed by atoms with Crippen LogP contribution in [0.5, 0.6) is 0 Å². The van der Waals surface area contributed by atoms with Crippen LogP contribution in [0.25, 0.3) is 5.52 Å². The van der Waals surface area contributed by atoms with E-state index in [-0.39, 0.29) is 16.8 Å². The highest BCUT2D eigenvalue weighted by Gasteiger charge is 2.26. The molecule has 1 saturated heterocycles. The minimum atomic E-state index is -3.59. The molecule has 1 aliphatic heterocycles. The van der Waals surface area contributed by atoms with Gasteiger partial charge in [0.05, 0.1) is 11.8 Å².